The van der Waals surface area contributed by atoms with Crippen LogP contribution in [0.2, 0.25) is 0 Å². The SMILES string of the molecule is Cc1cc(C2=C(c3ccc4ncc(C=O)n4c3)C=CC=CC2)ccc1F. The maximum absolute atomic E-state index is 13.7. The Morgan fingerprint density at radius 1 is 1.15 bits per heavy atom. The highest BCUT2D eigenvalue weighted by Crippen LogP contribution is 2.33. The van der Waals surface area contributed by atoms with Gasteiger partial charge in [-0.3, -0.25) is 9.20 Å². The fourth-order valence-electron chi connectivity index (χ4n) is 3.25. The quantitative estimate of drug-likeness (QED) is 0.625. The molecule has 0 saturated carbocycles. The van der Waals surface area contributed by atoms with Crippen molar-refractivity contribution >= 4 is 23.1 Å². The summed E-state index contributed by atoms with van der Waals surface area (Å²) < 4.78 is 15.5. The number of hydrogen-bond donors (Lipinski definition) is 0. The van der Waals surface area contributed by atoms with Crippen LogP contribution in [0.5, 0.6) is 0 Å². The predicted molar refractivity (Wildman–Crippen MR) is 101 cm³/mol. The van der Waals surface area contributed by atoms with Crippen LogP contribution in [0, 0.1) is 12.7 Å². The van der Waals surface area contributed by atoms with E-state index in [9.17, 15) is 9.18 Å². The van der Waals surface area contributed by atoms with Crippen LogP contribution in [0.15, 0.2) is 67.0 Å². The van der Waals surface area contributed by atoms with Gasteiger partial charge in [0.25, 0.3) is 0 Å². The summed E-state index contributed by atoms with van der Waals surface area (Å²) in [7, 11) is 0. The van der Waals surface area contributed by atoms with Gasteiger partial charge in [0.15, 0.2) is 6.29 Å². The van der Waals surface area contributed by atoms with Crippen LogP contribution in [0.3, 0.4) is 0 Å². The number of fused-ring (bicyclic) bond motifs is 1. The van der Waals surface area contributed by atoms with Crippen molar-refractivity contribution in [3.8, 4) is 0 Å². The van der Waals surface area contributed by atoms with Crippen LogP contribution < -0.4 is 0 Å². The molecule has 2 aromatic heterocycles. The first-order chi connectivity index (χ1) is 12.7. The molecular weight excluding hydrogens is 327 g/mol. The second-order valence-electron chi connectivity index (χ2n) is 6.29. The summed E-state index contributed by atoms with van der Waals surface area (Å²) in [6.45, 7) is 1.77. The monoisotopic (exact) mass is 344 g/mol. The van der Waals surface area contributed by atoms with Crippen molar-refractivity contribution in [3.63, 3.8) is 0 Å². The van der Waals surface area contributed by atoms with Gasteiger partial charge >= 0.3 is 0 Å². The molecule has 3 nitrogen and oxygen atoms in total. The molecule has 1 aliphatic rings. The second kappa shape index (κ2) is 6.56. The number of aryl methyl sites for hydroxylation is 1. The number of benzene rings is 1. The highest BCUT2D eigenvalue weighted by Gasteiger charge is 2.13. The van der Waals surface area contributed by atoms with Gasteiger partial charge in [-0.1, -0.05) is 30.4 Å². The molecule has 0 aliphatic heterocycles. The number of halogens is 1. The fourth-order valence-corrected chi connectivity index (χ4v) is 3.25. The summed E-state index contributed by atoms with van der Waals surface area (Å²) >= 11 is 0. The number of carbonyl (C=O) groups is 1. The first-order valence-corrected chi connectivity index (χ1v) is 8.43. The van der Waals surface area contributed by atoms with E-state index in [-0.39, 0.29) is 5.82 Å². The van der Waals surface area contributed by atoms with Crippen LogP contribution in [-0.4, -0.2) is 15.7 Å². The van der Waals surface area contributed by atoms with E-state index in [0.717, 1.165) is 40.6 Å². The van der Waals surface area contributed by atoms with Crippen molar-refractivity contribution in [2.75, 3.05) is 0 Å². The first-order valence-electron chi connectivity index (χ1n) is 8.43. The van der Waals surface area contributed by atoms with Crippen LogP contribution in [0.25, 0.3) is 16.8 Å². The highest BCUT2D eigenvalue weighted by molar-refractivity contribution is 5.96. The summed E-state index contributed by atoms with van der Waals surface area (Å²) in [6, 6.07) is 9.10. The summed E-state index contributed by atoms with van der Waals surface area (Å²) in [5.74, 6) is -0.203. The second-order valence-corrected chi connectivity index (χ2v) is 6.29. The number of rotatable bonds is 3. The number of carbonyl (C=O) groups excluding carboxylic acids is 1. The van der Waals surface area contributed by atoms with Gasteiger partial charge in [-0.25, -0.2) is 9.37 Å². The fraction of sp³-hybridized carbons (Fsp3) is 0.0909. The third-order valence-corrected chi connectivity index (χ3v) is 4.63. The average Bonchev–Trinajstić information content (AvgIpc) is 2.90. The molecule has 0 spiro atoms. The van der Waals surface area contributed by atoms with Gasteiger partial charge in [0.05, 0.1) is 6.20 Å². The number of nitrogens with zero attached hydrogens (tertiary/aromatic N) is 2. The zero-order valence-electron chi connectivity index (χ0n) is 14.3. The lowest BCUT2D eigenvalue weighted by molar-refractivity contribution is 0.111. The molecule has 26 heavy (non-hydrogen) atoms. The van der Waals surface area contributed by atoms with Gasteiger partial charge in [0.2, 0.25) is 0 Å². The van der Waals surface area contributed by atoms with Gasteiger partial charge in [-0.05, 0) is 65.4 Å². The van der Waals surface area contributed by atoms with Gasteiger partial charge in [-0.15, -0.1) is 0 Å². The van der Waals surface area contributed by atoms with Crippen molar-refractivity contribution in [2.24, 2.45) is 0 Å². The molecule has 2 heterocycles. The smallest absolute Gasteiger partial charge is 0.168 e. The van der Waals surface area contributed by atoms with Crippen molar-refractivity contribution in [1.29, 1.82) is 0 Å². The minimum absolute atomic E-state index is 0.203. The van der Waals surface area contributed by atoms with E-state index >= 15 is 0 Å². The minimum Gasteiger partial charge on any atom is -0.297 e. The molecule has 0 saturated heterocycles. The molecule has 128 valence electrons. The maximum atomic E-state index is 13.7. The zero-order valence-corrected chi connectivity index (χ0v) is 14.3. The predicted octanol–water partition coefficient (Wildman–Crippen LogP) is 5.02. The molecule has 1 aromatic carbocycles. The van der Waals surface area contributed by atoms with Gasteiger partial charge in [0, 0.05) is 6.20 Å². The van der Waals surface area contributed by atoms with Crippen LogP contribution in [0.4, 0.5) is 4.39 Å². The van der Waals surface area contributed by atoms with Crippen molar-refractivity contribution in [3.05, 3.63) is 95.2 Å². The third-order valence-electron chi connectivity index (χ3n) is 4.63. The Bertz CT molecular complexity index is 1100. The largest absolute Gasteiger partial charge is 0.297 e. The van der Waals surface area contributed by atoms with E-state index in [1.165, 1.54) is 6.07 Å². The molecule has 4 heteroatoms. The Morgan fingerprint density at radius 2 is 2.00 bits per heavy atom. The van der Waals surface area contributed by atoms with E-state index in [1.807, 2.05) is 42.6 Å². The van der Waals surface area contributed by atoms with Gasteiger partial charge in [-0.2, -0.15) is 0 Å². The first kappa shape index (κ1) is 16.2. The Kier molecular flexibility index (Phi) is 4.09. The topological polar surface area (TPSA) is 34.4 Å². The van der Waals surface area contributed by atoms with Crippen molar-refractivity contribution in [1.82, 2.24) is 9.38 Å². The number of pyridine rings is 1. The van der Waals surface area contributed by atoms with Crippen molar-refractivity contribution < 1.29 is 9.18 Å². The zero-order chi connectivity index (χ0) is 18.1. The minimum atomic E-state index is -0.203. The molecule has 0 fully saturated rings. The third kappa shape index (κ3) is 2.80. The highest BCUT2D eigenvalue weighted by atomic mass is 19.1. The van der Waals surface area contributed by atoms with E-state index in [1.54, 1.807) is 17.5 Å². The number of aldehydes is 1. The Balaban J connectivity index is 1.93. The maximum Gasteiger partial charge on any atom is 0.168 e. The van der Waals surface area contributed by atoms with Crippen molar-refractivity contribution in [2.45, 2.75) is 13.3 Å². The number of aromatic nitrogens is 2. The molecule has 4 rings (SSSR count). The molecule has 0 radical (unpaired) electrons. The summed E-state index contributed by atoms with van der Waals surface area (Å²) in [5, 5.41) is 0. The molecular formula is C22H17FN2O. The average molecular weight is 344 g/mol. The van der Waals surface area contributed by atoms with Crippen LogP contribution in [-0.2, 0) is 0 Å². The van der Waals surface area contributed by atoms with E-state index in [4.69, 9.17) is 0 Å². The molecule has 1 aliphatic carbocycles. The Hall–Kier alpha value is -3.27. The lowest BCUT2D eigenvalue weighted by Crippen LogP contribution is -1.96. The molecule has 0 atom stereocenters. The van der Waals surface area contributed by atoms with E-state index in [0.29, 0.717) is 11.3 Å². The van der Waals surface area contributed by atoms with E-state index in [2.05, 4.69) is 17.1 Å². The molecule has 0 amide bonds. The lowest BCUT2D eigenvalue weighted by atomic mass is 9.92. The number of imidazole rings is 1. The number of allylic oxidation sites excluding steroid dienone is 6. The van der Waals surface area contributed by atoms with Crippen LogP contribution in [0.1, 0.15) is 33.6 Å². The number of hydrogen-bond acceptors (Lipinski definition) is 2. The molecule has 0 bridgehead atoms. The molecule has 0 unspecified atom stereocenters. The lowest BCUT2D eigenvalue weighted by Gasteiger charge is -2.13. The standard InChI is InChI=1S/C22H17FN2O/c1-15-11-16(7-9-21(15)23)19-5-3-2-4-6-20(19)17-8-10-22-24-12-18(14-26)25(22)13-17/h2-4,6-14H,5H2,1H3. The van der Waals surface area contributed by atoms with E-state index < -0.39 is 0 Å². The van der Waals surface area contributed by atoms with Crippen LogP contribution >= 0.6 is 0 Å². The molecule has 3 aromatic rings. The summed E-state index contributed by atoms with van der Waals surface area (Å²) in [5.41, 5.74) is 6.01. The summed E-state index contributed by atoms with van der Waals surface area (Å²) in [6.07, 6.45) is 13.2. The summed E-state index contributed by atoms with van der Waals surface area (Å²) in [4.78, 5) is 15.5. The molecule has 0 N–H and O–H groups in total. The Labute approximate surface area is 150 Å². The normalized spacial score (nSPS) is 14.1. The van der Waals surface area contributed by atoms with Gasteiger partial charge in [0.1, 0.15) is 17.2 Å². The Morgan fingerprint density at radius 3 is 2.81 bits per heavy atom. The van der Waals surface area contributed by atoms with Gasteiger partial charge < -0.3 is 0 Å².